The van der Waals surface area contributed by atoms with Crippen LogP contribution in [-0.4, -0.2) is 56.0 Å². The summed E-state index contributed by atoms with van der Waals surface area (Å²) in [5, 5.41) is 0. The highest BCUT2D eigenvalue weighted by Crippen LogP contribution is 2.77. The minimum absolute atomic E-state index is 0.191. The van der Waals surface area contributed by atoms with E-state index in [0.29, 0.717) is 22.9 Å². The van der Waals surface area contributed by atoms with Gasteiger partial charge in [-0.25, -0.2) is 0 Å². The molecule has 242 valence electrons. The lowest BCUT2D eigenvalue weighted by molar-refractivity contribution is -0.140. The van der Waals surface area contributed by atoms with Crippen LogP contribution in [0.5, 0.6) is 0 Å². The number of nitrogens with zero attached hydrogens (tertiary/aromatic N) is 2. The first-order valence-electron chi connectivity index (χ1n) is 17.3. The minimum Gasteiger partial charge on any atom is -0.280 e. The molecule has 8 heteroatoms. The second kappa shape index (κ2) is 12.0. The SMILES string of the molecule is CCCCC(CC)CN1C(=O)C2=C(SC34C(=O)N(CC(CC)CCCC)C(=O)C3(S2)C2c3ccccc3C4c3ccccc32)C1=O. The maximum atomic E-state index is 15.3. The van der Waals surface area contributed by atoms with Crippen LogP contribution >= 0.6 is 23.5 Å². The van der Waals surface area contributed by atoms with Gasteiger partial charge in [0.1, 0.15) is 9.49 Å². The van der Waals surface area contributed by atoms with E-state index in [1.807, 2.05) is 24.3 Å². The lowest BCUT2D eigenvalue weighted by atomic mass is 9.53. The van der Waals surface area contributed by atoms with Gasteiger partial charge < -0.3 is 0 Å². The van der Waals surface area contributed by atoms with Crippen molar-refractivity contribution in [2.45, 2.75) is 100 Å². The van der Waals surface area contributed by atoms with Crippen LogP contribution in [-0.2, 0) is 19.2 Å². The van der Waals surface area contributed by atoms with Crippen LogP contribution in [0.15, 0.2) is 58.3 Å². The molecule has 2 aromatic rings. The normalized spacial score (nSPS) is 28.7. The van der Waals surface area contributed by atoms with E-state index >= 15 is 9.59 Å². The maximum absolute atomic E-state index is 15.3. The third kappa shape index (κ3) is 4.17. The first kappa shape index (κ1) is 31.7. The number of likely N-dealkylation sites (tertiary alicyclic amines) is 1. The Kier molecular flexibility index (Phi) is 8.28. The van der Waals surface area contributed by atoms with Gasteiger partial charge in [-0.15, -0.1) is 0 Å². The third-order valence-corrected chi connectivity index (χ3v) is 14.8. The summed E-state index contributed by atoms with van der Waals surface area (Å²) in [6, 6.07) is 16.4. The van der Waals surface area contributed by atoms with Crippen molar-refractivity contribution < 1.29 is 19.2 Å². The molecule has 6 aliphatic rings. The predicted octanol–water partition coefficient (Wildman–Crippen LogP) is 7.62. The standard InChI is InChI=1S/C38H44N2O4S2/c1-5-9-15-23(7-3)21-39-33(41)31-32(34(39)42)46-38-30-26-18-12-11-17-25(26)29(27-19-13-14-20-28(27)30)37(38,45-31)35(43)40(36(38)44)22-24(8-4)16-10-6-2/h11-14,17-20,23-24,29-30H,5-10,15-16,21-22H2,1-4H3. The smallest absolute Gasteiger partial charge is 0.268 e. The Morgan fingerprint density at radius 3 is 1.33 bits per heavy atom. The number of rotatable bonds is 12. The number of unbranched alkanes of at least 4 members (excludes halogenated alkanes) is 2. The first-order chi connectivity index (χ1) is 22.3. The molecule has 4 unspecified atom stereocenters. The molecule has 1 fully saturated rings. The molecule has 8 rings (SSSR count). The third-order valence-electron chi connectivity index (χ3n) is 11.3. The maximum Gasteiger partial charge on any atom is 0.268 e. The Morgan fingerprint density at radius 2 is 0.978 bits per heavy atom. The Hall–Kier alpha value is -2.84. The van der Waals surface area contributed by atoms with E-state index in [4.69, 9.17) is 0 Å². The fourth-order valence-electron chi connectivity index (χ4n) is 8.84. The summed E-state index contributed by atoms with van der Waals surface area (Å²) in [7, 11) is 0. The summed E-state index contributed by atoms with van der Waals surface area (Å²) in [6.45, 7) is 9.31. The molecule has 0 saturated carbocycles. The van der Waals surface area contributed by atoms with E-state index in [9.17, 15) is 9.59 Å². The van der Waals surface area contributed by atoms with Crippen molar-refractivity contribution in [3.8, 4) is 0 Å². The van der Waals surface area contributed by atoms with Crippen LogP contribution < -0.4 is 0 Å². The van der Waals surface area contributed by atoms with E-state index < -0.39 is 21.3 Å². The fraction of sp³-hybridized carbons (Fsp3) is 0.526. The van der Waals surface area contributed by atoms with Crippen molar-refractivity contribution in [1.29, 1.82) is 0 Å². The average Bonchev–Trinajstić information content (AvgIpc) is 3.42. The molecule has 46 heavy (non-hydrogen) atoms. The molecule has 4 amide bonds. The average molecular weight is 657 g/mol. The lowest BCUT2D eigenvalue weighted by Crippen LogP contribution is -2.66. The Morgan fingerprint density at radius 1 is 0.609 bits per heavy atom. The molecule has 0 aromatic heterocycles. The van der Waals surface area contributed by atoms with Crippen molar-refractivity contribution in [2.75, 3.05) is 13.1 Å². The Balaban J connectivity index is 1.39. The van der Waals surface area contributed by atoms with Crippen LogP contribution in [0.25, 0.3) is 0 Å². The van der Waals surface area contributed by atoms with Crippen molar-refractivity contribution in [3.63, 3.8) is 0 Å². The molecular formula is C38H44N2O4S2. The van der Waals surface area contributed by atoms with Crippen LogP contribution in [0.1, 0.15) is 113 Å². The van der Waals surface area contributed by atoms with Gasteiger partial charge in [0, 0.05) is 24.9 Å². The van der Waals surface area contributed by atoms with E-state index in [2.05, 4.69) is 52.0 Å². The van der Waals surface area contributed by atoms with E-state index in [-0.39, 0.29) is 35.5 Å². The molecule has 2 aromatic carbocycles. The summed E-state index contributed by atoms with van der Waals surface area (Å²) in [5.74, 6) is -1.39. The Bertz CT molecular complexity index is 1500. The zero-order valence-corrected chi connectivity index (χ0v) is 29.0. The molecule has 3 heterocycles. The molecule has 3 aliphatic carbocycles. The van der Waals surface area contributed by atoms with E-state index in [1.54, 1.807) is 4.90 Å². The molecule has 0 N–H and O–H groups in total. The second-order valence-electron chi connectivity index (χ2n) is 13.7. The van der Waals surface area contributed by atoms with Gasteiger partial charge in [-0.2, -0.15) is 0 Å². The molecule has 6 nitrogen and oxygen atoms in total. The zero-order valence-electron chi connectivity index (χ0n) is 27.3. The molecule has 0 spiro atoms. The fourth-order valence-corrected chi connectivity index (χ4v) is 12.6. The zero-order chi connectivity index (χ0) is 32.4. The van der Waals surface area contributed by atoms with Gasteiger partial charge in [-0.05, 0) is 46.9 Å². The van der Waals surface area contributed by atoms with Crippen molar-refractivity contribution >= 4 is 47.2 Å². The number of benzene rings is 2. The Labute approximate surface area is 281 Å². The number of hydrogen-bond acceptors (Lipinski definition) is 6. The van der Waals surface area contributed by atoms with Gasteiger partial charge in [-0.1, -0.05) is 138 Å². The molecule has 4 atom stereocenters. The number of imide groups is 2. The predicted molar refractivity (Wildman–Crippen MR) is 184 cm³/mol. The topological polar surface area (TPSA) is 74.8 Å². The summed E-state index contributed by atoms with van der Waals surface area (Å²) < 4.78 is -2.52. The molecular weight excluding hydrogens is 613 g/mol. The summed E-state index contributed by atoms with van der Waals surface area (Å²) >= 11 is 2.51. The summed E-state index contributed by atoms with van der Waals surface area (Å²) in [6.07, 6.45) is 7.88. The first-order valence-corrected chi connectivity index (χ1v) is 19.0. The molecule has 0 radical (unpaired) electrons. The summed E-state index contributed by atoms with van der Waals surface area (Å²) in [4.78, 5) is 62.7. The number of carbonyl (C=O) groups excluding carboxylic acids is 4. The number of thioether (sulfide) groups is 2. The molecule has 3 aliphatic heterocycles. The van der Waals surface area contributed by atoms with Gasteiger partial charge in [-0.3, -0.25) is 29.0 Å². The minimum atomic E-state index is -1.26. The lowest BCUT2D eigenvalue weighted by Gasteiger charge is -2.59. The molecule has 2 bridgehead atoms. The highest BCUT2D eigenvalue weighted by molar-refractivity contribution is 8.14. The van der Waals surface area contributed by atoms with Crippen molar-refractivity contribution in [3.05, 3.63) is 80.6 Å². The van der Waals surface area contributed by atoms with Gasteiger partial charge in [0.25, 0.3) is 11.8 Å². The van der Waals surface area contributed by atoms with E-state index in [1.165, 1.54) is 28.4 Å². The van der Waals surface area contributed by atoms with Crippen molar-refractivity contribution in [2.24, 2.45) is 11.8 Å². The van der Waals surface area contributed by atoms with Crippen LogP contribution in [0.4, 0.5) is 0 Å². The molecule has 1 saturated heterocycles. The van der Waals surface area contributed by atoms with Crippen LogP contribution in [0, 0.1) is 11.8 Å². The number of carbonyl (C=O) groups is 4. The van der Waals surface area contributed by atoms with Gasteiger partial charge in [0.05, 0.1) is 9.81 Å². The van der Waals surface area contributed by atoms with E-state index in [0.717, 1.165) is 73.6 Å². The van der Waals surface area contributed by atoms with Crippen LogP contribution in [0.2, 0.25) is 0 Å². The number of amides is 4. The van der Waals surface area contributed by atoms with Gasteiger partial charge >= 0.3 is 0 Å². The van der Waals surface area contributed by atoms with Crippen molar-refractivity contribution in [1.82, 2.24) is 9.80 Å². The second-order valence-corrected chi connectivity index (χ2v) is 16.2. The number of hydrogen-bond donors (Lipinski definition) is 0. The van der Waals surface area contributed by atoms with Gasteiger partial charge in [0.15, 0.2) is 0 Å². The summed E-state index contributed by atoms with van der Waals surface area (Å²) in [5.41, 5.74) is 4.22. The van der Waals surface area contributed by atoms with Crippen LogP contribution in [0.3, 0.4) is 0 Å². The highest BCUT2D eigenvalue weighted by atomic mass is 32.2. The highest BCUT2D eigenvalue weighted by Gasteiger charge is 2.83. The van der Waals surface area contributed by atoms with Gasteiger partial charge in [0.2, 0.25) is 11.8 Å². The quantitative estimate of drug-likeness (QED) is 0.219. The largest absolute Gasteiger partial charge is 0.280 e. The monoisotopic (exact) mass is 656 g/mol.